The van der Waals surface area contributed by atoms with Crippen molar-refractivity contribution in [3.05, 3.63) is 178 Å². The summed E-state index contributed by atoms with van der Waals surface area (Å²) >= 11 is 11.6. The van der Waals surface area contributed by atoms with E-state index in [1.54, 1.807) is 48.8 Å². The minimum absolute atomic E-state index is 0. The van der Waals surface area contributed by atoms with E-state index in [0.717, 1.165) is 0 Å². The second-order valence-corrected chi connectivity index (χ2v) is 15.5. The minimum atomic E-state index is -3.69. The number of aromatic nitrogens is 2. The van der Waals surface area contributed by atoms with Crippen molar-refractivity contribution in [3.8, 4) is 0 Å². The first-order valence-electron chi connectivity index (χ1n) is 15.5. The van der Waals surface area contributed by atoms with Gasteiger partial charge in [0, 0.05) is 34.2 Å². The van der Waals surface area contributed by atoms with Gasteiger partial charge in [-0.3, -0.25) is 9.97 Å². The number of benzene rings is 4. The van der Waals surface area contributed by atoms with Gasteiger partial charge in [0.05, 0.1) is 43.4 Å². The maximum absolute atomic E-state index is 12.6. The van der Waals surface area contributed by atoms with Crippen molar-refractivity contribution < 1.29 is 43.5 Å². The molecule has 6 aromatic rings. The van der Waals surface area contributed by atoms with Crippen molar-refractivity contribution in [1.29, 1.82) is 0 Å². The quantitative estimate of drug-likeness (QED) is 0.0756. The second kappa shape index (κ2) is 19.7. The average Bonchev–Trinajstić information content (AvgIpc) is 3.19. The Bertz CT molecular complexity index is 2350. The number of hydrogen-bond donors (Lipinski definition) is 0. The van der Waals surface area contributed by atoms with Crippen molar-refractivity contribution in [2.45, 2.75) is 19.6 Å². The molecule has 0 aliphatic rings. The minimum Gasteiger partial charge on any atom is -0.857 e. The standard InChI is InChI=1S/2C19H14ClN3O3S.Ni/c2*20-15-6-10-18(11-7-15)27(25,26)17-8-4-14(5-9-17)19(24)23-22-13-16-3-1-2-12-21-16;/h2*1-13H,(H,23,24);/q;;+2/p-2/b2*22-13+;. The number of hydrogen-bond acceptors (Lipinski definition) is 12. The molecule has 0 aliphatic heterocycles. The van der Waals surface area contributed by atoms with Crippen molar-refractivity contribution in [1.82, 2.24) is 9.97 Å². The Morgan fingerprint density at radius 3 is 1.09 bits per heavy atom. The molecule has 0 unspecified atom stereocenters. The Hall–Kier alpha value is -5.57. The van der Waals surface area contributed by atoms with Gasteiger partial charge in [-0.1, -0.05) is 59.6 Å². The summed E-state index contributed by atoms with van der Waals surface area (Å²) < 4.78 is 50.3. The van der Waals surface area contributed by atoms with E-state index in [1.807, 2.05) is 0 Å². The van der Waals surface area contributed by atoms with E-state index in [4.69, 9.17) is 23.2 Å². The predicted molar refractivity (Wildman–Crippen MR) is 203 cm³/mol. The Kier molecular flexibility index (Phi) is 15.1. The molecule has 0 amide bonds. The van der Waals surface area contributed by atoms with Gasteiger partial charge in [0.15, 0.2) is 0 Å². The molecule has 0 saturated heterocycles. The molecule has 0 atom stereocenters. The van der Waals surface area contributed by atoms with Crippen molar-refractivity contribution in [2.75, 3.05) is 0 Å². The zero-order valence-electron chi connectivity index (χ0n) is 28.0. The van der Waals surface area contributed by atoms with Crippen LogP contribution < -0.4 is 10.2 Å². The Morgan fingerprint density at radius 2 is 0.800 bits per heavy atom. The van der Waals surface area contributed by atoms with E-state index in [-0.39, 0.29) is 47.2 Å². The molecular weight excluding hydrogens is 830 g/mol. The van der Waals surface area contributed by atoms with Crippen molar-refractivity contribution in [2.24, 2.45) is 20.4 Å². The molecule has 2 aromatic heterocycles. The van der Waals surface area contributed by atoms with Crippen LogP contribution >= 0.6 is 23.2 Å². The van der Waals surface area contributed by atoms with Crippen LogP contribution in [0, 0.1) is 0 Å². The van der Waals surface area contributed by atoms with Crippen LogP contribution in [0.4, 0.5) is 0 Å². The van der Waals surface area contributed by atoms with E-state index in [2.05, 4.69) is 30.4 Å². The molecule has 4 aromatic carbocycles. The van der Waals surface area contributed by atoms with E-state index < -0.39 is 31.5 Å². The monoisotopic (exact) mass is 854 g/mol. The molecular formula is C38H26Cl2N6NiO6S2. The summed E-state index contributed by atoms with van der Waals surface area (Å²) in [6.45, 7) is 0. The van der Waals surface area contributed by atoms with Gasteiger partial charge in [-0.15, -0.1) is 0 Å². The zero-order valence-corrected chi connectivity index (χ0v) is 32.2. The van der Waals surface area contributed by atoms with Crippen molar-refractivity contribution in [3.63, 3.8) is 0 Å². The third kappa shape index (κ3) is 11.7. The van der Waals surface area contributed by atoms with Gasteiger partial charge in [0.2, 0.25) is 19.7 Å². The third-order valence-corrected chi connectivity index (χ3v) is 11.2. The largest absolute Gasteiger partial charge is 2.00 e. The van der Waals surface area contributed by atoms with Gasteiger partial charge < -0.3 is 10.2 Å². The van der Waals surface area contributed by atoms with Crippen LogP contribution in [0.25, 0.3) is 0 Å². The first-order valence-corrected chi connectivity index (χ1v) is 19.3. The fourth-order valence-electron chi connectivity index (χ4n) is 4.35. The molecule has 2 heterocycles. The zero-order chi connectivity index (χ0) is 38.6. The van der Waals surface area contributed by atoms with Crippen LogP contribution in [-0.2, 0) is 36.2 Å². The second-order valence-electron chi connectivity index (χ2n) is 10.8. The molecule has 0 saturated carbocycles. The summed E-state index contributed by atoms with van der Waals surface area (Å²) in [5, 5.41) is 39.5. The summed E-state index contributed by atoms with van der Waals surface area (Å²) in [7, 11) is -7.38. The molecule has 55 heavy (non-hydrogen) atoms. The van der Waals surface area contributed by atoms with Crippen LogP contribution in [0.5, 0.6) is 0 Å². The van der Waals surface area contributed by atoms with Gasteiger partial charge in [-0.05, 0) is 108 Å². The fraction of sp³-hybridized carbons (Fsp3) is 0. The van der Waals surface area contributed by atoms with Crippen molar-refractivity contribution >= 4 is 67.1 Å². The third-order valence-electron chi connectivity index (χ3n) is 7.12. The summed E-state index contributed by atoms with van der Waals surface area (Å²) in [5.74, 6) is -1.17. The Morgan fingerprint density at radius 1 is 0.491 bits per heavy atom. The summed E-state index contributed by atoms with van der Waals surface area (Å²) in [6.07, 6.45) is 5.92. The summed E-state index contributed by atoms with van der Waals surface area (Å²) in [4.78, 5) is 8.43. The predicted octanol–water partition coefficient (Wildman–Crippen LogP) is 5.42. The molecule has 280 valence electrons. The van der Waals surface area contributed by atoms with E-state index >= 15 is 0 Å². The summed E-state index contributed by atoms with van der Waals surface area (Å²) in [5.41, 5.74) is 1.59. The fourth-order valence-corrected chi connectivity index (χ4v) is 7.13. The normalized spacial score (nSPS) is 12.2. The number of sulfone groups is 2. The first kappa shape index (κ1) is 42.2. The molecule has 0 N–H and O–H groups in total. The van der Waals surface area contributed by atoms with Crippen LogP contribution in [0.1, 0.15) is 22.5 Å². The molecule has 17 heteroatoms. The average molecular weight is 856 g/mol. The van der Waals surface area contributed by atoms with Gasteiger partial charge in [-0.2, -0.15) is 20.4 Å². The molecule has 0 bridgehead atoms. The number of rotatable bonds is 10. The molecule has 0 radical (unpaired) electrons. The van der Waals surface area contributed by atoms with E-state index in [0.29, 0.717) is 21.4 Å². The molecule has 12 nitrogen and oxygen atoms in total. The van der Waals surface area contributed by atoms with Gasteiger partial charge in [0.25, 0.3) is 0 Å². The van der Waals surface area contributed by atoms with E-state index in [9.17, 15) is 27.0 Å². The van der Waals surface area contributed by atoms with Gasteiger partial charge in [0.1, 0.15) is 0 Å². The molecule has 0 aliphatic carbocycles. The van der Waals surface area contributed by atoms with Gasteiger partial charge in [-0.25, -0.2) is 16.8 Å². The first-order chi connectivity index (χ1) is 25.9. The number of pyridine rings is 2. The molecule has 0 fully saturated rings. The molecule has 6 rings (SSSR count). The Balaban J connectivity index is 0.000000240. The van der Waals surface area contributed by atoms with E-state index in [1.165, 1.54) is 109 Å². The maximum atomic E-state index is 12.6. The molecule has 0 spiro atoms. The van der Waals surface area contributed by atoms with Crippen LogP contribution in [0.2, 0.25) is 10.0 Å². The van der Waals surface area contributed by atoms with Crippen LogP contribution in [0.3, 0.4) is 0 Å². The number of nitrogens with zero attached hydrogens (tertiary/aromatic N) is 6. The smallest absolute Gasteiger partial charge is 0.857 e. The van der Waals surface area contributed by atoms with Crippen LogP contribution in [-0.4, -0.2) is 51.0 Å². The van der Waals surface area contributed by atoms with Crippen LogP contribution in [0.15, 0.2) is 186 Å². The summed E-state index contributed by atoms with van der Waals surface area (Å²) in [6, 6.07) is 33.3. The Labute approximate surface area is 337 Å². The SMILES string of the molecule is O=S(=O)(c1ccc(Cl)cc1)c1ccc(/C([O-])=N\N=C\c2ccccn2)cc1.O=S(=O)(c1ccc(Cl)cc1)c1ccc(/C([O-])=N\N=C\c2ccccn2)cc1.[Ni+2]. The van der Waals surface area contributed by atoms with Gasteiger partial charge >= 0.3 is 16.5 Å². The maximum Gasteiger partial charge on any atom is 2.00 e. The number of halogens is 2. The topological polar surface area (TPSA) is 190 Å².